The molecule has 1 fully saturated rings. The summed E-state index contributed by atoms with van der Waals surface area (Å²) in [7, 11) is 1.71. The van der Waals surface area contributed by atoms with Crippen molar-refractivity contribution in [1.82, 2.24) is 4.90 Å². The van der Waals surface area contributed by atoms with Gasteiger partial charge in [-0.25, -0.2) is 0 Å². The van der Waals surface area contributed by atoms with Gasteiger partial charge in [0.05, 0.1) is 20.3 Å². The lowest BCUT2D eigenvalue weighted by Gasteiger charge is -2.29. The molecule has 4 heteroatoms. The average molecular weight is 370 g/mol. The second-order valence-electron chi connectivity index (χ2n) is 7.32. The first kappa shape index (κ1) is 19.7. The number of ether oxygens (including phenoxy) is 3. The highest BCUT2D eigenvalue weighted by molar-refractivity contribution is 5.37. The molecule has 1 atom stereocenters. The summed E-state index contributed by atoms with van der Waals surface area (Å²) in [6, 6.07) is 16.6. The molecule has 0 radical (unpaired) electrons. The van der Waals surface area contributed by atoms with Crippen LogP contribution in [0.1, 0.15) is 43.4 Å². The molecule has 1 aliphatic heterocycles. The molecule has 1 heterocycles. The fourth-order valence-corrected chi connectivity index (χ4v) is 3.48. The Hall–Kier alpha value is -2.04. The monoisotopic (exact) mass is 369 g/mol. The van der Waals surface area contributed by atoms with Crippen LogP contribution in [0, 0.1) is 0 Å². The zero-order chi connectivity index (χ0) is 19.1. The van der Waals surface area contributed by atoms with Crippen molar-refractivity contribution in [3.05, 3.63) is 59.7 Å². The zero-order valence-corrected chi connectivity index (χ0v) is 16.7. The third kappa shape index (κ3) is 5.47. The summed E-state index contributed by atoms with van der Waals surface area (Å²) in [6.45, 7) is 9.03. The van der Waals surface area contributed by atoms with Crippen LogP contribution < -0.4 is 9.47 Å². The second kappa shape index (κ2) is 9.77. The maximum atomic E-state index is 6.57. The van der Waals surface area contributed by atoms with E-state index in [1.165, 1.54) is 5.56 Å². The van der Waals surface area contributed by atoms with Crippen molar-refractivity contribution in [2.45, 2.75) is 32.3 Å². The van der Waals surface area contributed by atoms with Crippen molar-refractivity contribution in [3.8, 4) is 11.5 Å². The van der Waals surface area contributed by atoms with Crippen molar-refractivity contribution in [1.29, 1.82) is 0 Å². The van der Waals surface area contributed by atoms with Crippen LogP contribution in [-0.4, -0.2) is 44.9 Å². The van der Waals surface area contributed by atoms with Crippen LogP contribution in [0.15, 0.2) is 48.5 Å². The highest BCUT2D eigenvalue weighted by atomic mass is 16.5. The molecule has 3 rings (SSSR count). The smallest absolute Gasteiger partial charge is 0.125 e. The quantitative estimate of drug-likeness (QED) is 0.677. The van der Waals surface area contributed by atoms with Gasteiger partial charge in [0.2, 0.25) is 0 Å². The van der Waals surface area contributed by atoms with E-state index in [0.29, 0.717) is 5.92 Å². The number of nitrogens with zero attached hydrogens (tertiary/aromatic N) is 1. The van der Waals surface area contributed by atoms with E-state index in [1.54, 1.807) is 7.11 Å². The van der Waals surface area contributed by atoms with Crippen molar-refractivity contribution in [2.75, 3.05) is 40.0 Å². The molecule has 0 amide bonds. The van der Waals surface area contributed by atoms with Gasteiger partial charge in [0.25, 0.3) is 0 Å². The van der Waals surface area contributed by atoms with E-state index in [9.17, 15) is 0 Å². The molecule has 1 unspecified atom stereocenters. The summed E-state index contributed by atoms with van der Waals surface area (Å²) in [5.41, 5.74) is 2.40. The average Bonchev–Trinajstić information content (AvgIpc) is 2.72. The molecule has 1 aliphatic rings. The normalized spacial score (nSPS) is 16.3. The minimum absolute atomic E-state index is 0.0113. The first-order valence-corrected chi connectivity index (χ1v) is 9.87. The second-order valence-corrected chi connectivity index (χ2v) is 7.32. The number of methoxy groups -OCH3 is 1. The van der Waals surface area contributed by atoms with Gasteiger partial charge in [0.15, 0.2) is 0 Å². The van der Waals surface area contributed by atoms with E-state index >= 15 is 0 Å². The zero-order valence-electron chi connectivity index (χ0n) is 16.7. The van der Waals surface area contributed by atoms with Gasteiger partial charge in [-0.05, 0) is 35.2 Å². The van der Waals surface area contributed by atoms with E-state index in [0.717, 1.165) is 56.3 Å². The summed E-state index contributed by atoms with van der Waals surface area (Å²) >= 11 is 0. The molecule has 0 bridgehead atoms. The Morgan fingerprint density at radius 2 is 1.81 bits per heavy atom. The molecule has 27 heavy (non-hydrogen) atoms. The Balaban J connectivity index is 1.80. The molecule has 2 aromatic carbocycles. The van der Waals surface area contributed by atoms with E-state index in [1.807, 2.05) is 18.2 Å². The molecular formula is C23H31NO3. The largest absolute Gasteiger partial charge is 0.497 e. The van der Waals surface area contributed by atoms with E-state index in [4.69, 9.17) is 14.2 Å². The third-order valence-corrected chi connectivity index (χ3v) is 5.09. The molecule has 0 spiro atoms. The van der Waals surface area contributed by atoms with Crippen molar-refractivity contribution >= 4 is 0 Å². The molecule has 0 N–H and O–H groups in total. The summed E-state index contributed by atoms with van der Waals surface area (Å²) in [5.74, 6) is 2.26. The molecule has 2 aromatic rings. The Kier molecular flexibility index (Phi) is 7.13. The first-order chi connectivity index (χ1) is 13.2. The summed E-state index contributed by atoms with van der Waals surface area (Å²) in [6.07, 6.45) is 0.919. The predicted octanol–water partition coefficient (Wildman–Crippen LogP) is 4.66. The molecule has 4 nitrogen and oxygen atoms in total. The van der Waals surface area contributed by atoms with E-state index in [2.05, 4.69) is 49.1 Å². The SMILES string of the molecule is COc1cccc(C(CCN2CCOCC2)Oc2ccccc2C(C)C)c1. The van der Waals surface area contributed by atoms with Gasteiger partial charge >= 0.3 is 0 Å². The predicted molar refractivity (Wildman–Crippen MR) is 109 cm³/mol. The fourth-order valence-electron chi connectivity index (χ4n) is 3.48. The van der Waals surface area contributed by atoms with Crippen LogP contribution in [0.4, 0.5) is 0 Å². The highest BCUT2D eigenvalue weighted by Gasteiger charge is 2.19. The highest BCUT2D eigenvalue weighted by Crippen LogP contribution is 2.32. The Morgan fingerprint density at radius 1 is 1.04 bits per heavy atom. The minimum Gasteiger partial charge on any atom is -0.497 e. The third-order valence-electron chi connectivity index (χ3n) is 5.09. The Bertz CT molecular complexity index is 710. The van der Waals surface area contributed by atoms with Crippen LogP contribution in [0.3, 0.4) is 0 Å². The fraction of sp³-hybridized carbons (Fsp3) is 0.478. The number of para-hydroxylation sites is 1. The topological polar surface area (TPSA) is 30.9 Å². The van der Waals surface area contributed by atoms with Gasteiger partial charge in [-0.3, -0.25) is 4.90 Å². The lowest BCUT2D eigenvalue weighted by molar-refractivity contribution is 0.0316. The summed E-state index contributed by atoms with van der Waals surface area (Å²) in [5, 5.41) is 0. The van der Waals surface area contributed by atoms with Crippen LogP contribution in [0.25, 0.3) is 0 Å². The van der Waals surface area contributed by atoms with Crippen molar-refractivity contribution in [2.24, 2.45) is 0 Å². The van der Waals surface area contributed by atoms with Crippen LogP contribution >= 0.6 is 0 Å². The van der Waals surface area contributed by atoms with Crippen LogP contribution in [-0.2, 0) is 4.74 Å². The van der Waals surface area contributed by atoms with Gasteiger partial charge in [-0.15, -0.1) is 0 Å². The molecule has 1 saturated heterocycles. The van der Waals surface area contributed by atoms with Gasteiger partial charge in [-0.1, -0.05) is 44.2 Å². The van der Waals surface area contributed by atoms with Gasteiger partial charge in [-0.2, -0.15) is 0 Å². The van der Waals surface area contributed by atoms with Crippen LogP contribution in [0.2, 0.25) is 0 Å². The lowest BCUT2D eigenvalue weighted by atomic mass is 10.0. The van der Waals surface area contributed by atoms with E-state index < -0.39 is 0 Å². The Morgan fingerprint density at radius 3 is 2.56 bits per heavy atom. The van der Waals surface area contributed by atoms with Crippen LogP contribution in [0.5, 0.6) is 11.5 Å². The molecule has 0 aliphatic carbocycles. The standard InChI is InChI=1S/C23H31NO3/c1-18(2)21-9-4-5-10-23(21)27-22(11-12-24-13-15-26-16-14-24)19-7-6-8-20(17-19)25-3/h4-10,17-18,22H,11-16H2,1-3H3. The van der Waals surface area contributed by atoms with Gasteiger partial charge < -0.3 is 14.2 Å². The van der Waals surface area contributed by atoms with Gasteiger partial charge in [0.1, 0.15) is 17.6 Å². The number of morpholine rings is 1. The number of hydrogen-bond acceptors (Lipinski definition) is 4. The van der Waals surface area contributed by atoms with Crippen molar-refractivity contribution < 1.29 is 14.2 Å². The minimum atomic E-state index is -0.0113. The first-order valence-electron chi connectivity index (χ1n) is 9.87. The van der Waals surface area contributed by atoms with E-state index in [-0.39, 0.29) is 6.10 Å². The Labute approximate surface area is 163 Å². The maximum Gasteiger partial charge on any atom is 0.125 e. The molecule has 0 aromatic heterocycles. The molecule has 146 valence electrons. The summed E-state index contributed by atoms with van der Waals surface area (Å²) in [4.78, 5) is 2.45. The lowest BCUT2D eigenvalue weighted by Crippen LogP contribution is -2.37. The number of rotatable bonds is 8. The number of benzene rings is 2. The molecular weight excluding hydrogens is 338 g/mol. The number of hydrogen-bond donors (Lipinski definition) is 0. The summed E-state index contributed by atoms with van der Waals surface area (Å²) < 4.78 is 17.5. The van der Waals surface area contributed by atoms with Gasteiger partial charge in [0, 0.05) is 26.1 Å². The maximum absolute atomic E-state index is 6.57. The van der Waals surface area contributed by atoms with Crippen molar-refractivity contribution in [3.63, 3.8) is 0 Å². The molecule has 0 saturated carbocycles.